The van der Waals surface area contributed by atoms with E-state index in [0.29, 0.717) is 5.69 Å². The highest BCUT2D eigenvalue weighted by Crippen LogP contribution is 2.24. The van der Waals surface area contributed by atoms with E-state index in [9.17, 15) is 4.39 Å². The van der Waals surface area contributed by atoms with Crippen LogP contribution >= 0.6 is 11.3 Å². The van der Waals surface area contributed by atoms with Crippen molar-refractivity contribution in [3.05, 3.63) is 53.9 Å². The van der Waals surface area contributed by atoms with Gasteiger partial charge in [-0.3, -0.25) is 0 Å². The van der Waals surface area contributed by atoms with Crippen LogP contribution in [-0.2, 0) is 0 Å². The summed E-state index contributed by atoms with van der Waals surface area (Å²) < 4.78 is 14.9. The molecule has 0 radical (unpaired) electrons. The number of benzene rings is 1. The molecule has 0 aliphatic carbocycles. The third-order valence-electron chi connectivity index (χ3n) is 2.35. The lowest BCUT2D eigenvalue weighted by Crippen LogP contribution is -1.98. The van der Waals surface area contributed by atoms with Gasteiger partial charge in [0.25, 0.3) is 0 Å². The zero-order valence-corrected chi connectivity index (χ0v) is 9.56. The Labute approximate surface area is 101 Å². The molecule has 0 atom stereocenters. The van der Waals surface area contributed by atoms with Gasteiger partial charge >= 0.3 is 0 Å². The fourth-order valence-corrected chi connectivity index (χ4v) is 2.28. The van der Waals surface area contributed by atoms with Crippen molar-refractivity contribution in [1.29, 1.82) is 0 Å². The van der Waals surface area contributed by atoms with Gasteiger partial charge < -0.3 is 0 Å². The highest BCUT2D eigenvalue weighted by atomic mass is 32.1. The van der Waals surface area contributed by atoms with Gasteiger partial charge in [-0.2, -0.15) is 5.10 Å². The van der Waals surface area contributed by atoms with Crippen LogP contribution in [-0.4, -0.2) is 14.8 Å². The molecule has 0 fully saturated rings. The fourth-order valence-electron chi connectivity index (χ4n) is 1.63. The van der Waals surface area contributed by atoms with Crippen LogP contribution in [0.5, 0.6) is 0 Å². The lowest BCUT2D eigenvalue weighted by molar-refractivity contribution is 0.625. The Morgan fingerprint density at radius 3 is 2.88 bits per heavy atom. The summed E-state index contributed by atoms with van der Waals surface area (Å²) in [4.78, 5) is 4.23. The Morgan fingerprint density at radius 2 is 2.12 bits per heavy atom. The van der Waals surface area contributed by atoms with Crippen molar-refractivity contribution in [2.24, 2.45) is 0 Å². The molecule has 17 heavy (non-hydrogen) atoms. The second kappa shape index (κ2) is 4.10. The molecule has 5 heteroatoms. The summed E-state index contributed by atoms with van der Waals surface area (Å²) in [6.07, 6.45) is 3.42. The topological polar surface area (TPSA) is 30.7 Å². The Morgan fingerprint density at radius 1 is 1.18 bits per heavy atom. The van der Waals surface area contributed by atoms with Gasteiger partial charge in [-0.25, -0.2) is 14.1 Å². The average molecular weight is 245 g/mol. The molecule has 0 saturated carbocycles. The molecule has 0 amide bonds. The van der Waals surface area contributed by atoms with Crippen molar-refractivity contribution < 1.29 is 4.39 Å². The number of aromatic nitrogens is 3. The predicted molar refractivity (Wildman–Crippen MR) is 64.6 cm³/mol. The molecule has 0 aliphatic rings. The zero-order chi connectivity index (χ0) is 11.7. The van der Waals surface area contributed by atoms with Crippen molar-refractivity contribution in [3.63, 3.8) is 0 Å². The first kappa shape index (κ1) is 10.2. The average Bonchev–Trinajstić information content (AvgIpc) is 3.00. The second-order valence-electron chi connectivity index (χ2n) is 3.45. The SMILES string of the molecule is Fc1cccc(-n2nccc2-c2nccs2)c1. The van der Waals surface area contributed by atoms with Crippen LogP contribution in [0.2, 0.25) is 0 Å². The van der Waals surface area contributed by atoms with Gasteiger partial charge in [0.05, 0.1) is 11.9 Å². The minimum Gasteiger partial charge on any atom is -0.243 e. The van der Waals surface area contributed by atoms with Crippen LogP contribution in [0.4, 0.5) is 4.39 Å². The Bertz CT molecular complexity index is 631. The lowest BCUT2D eigenvalue weighted by atomic mass is 10.3. The van der Waals surface area contributed by atoms with E-state index in [1.165, 1.54) is 23.5 Å². The van der Waals surface area contributed by atoms with Gasteiger partial charge in [0.2, 0.25) is 0 Å². The van der Waals surface area contributed by atoms with Crippen molar-refractivity contribution in [3.8, 4) is 16.4 Å². The predicted octanol–water partition coefficient (Wildman–Crippen LogP) is 3.13. The number of rotatable bonds is 2. The molecule has 0 unspecified atom stereocenters. The quantitative estimate of drug-likeness (QED) is 0.694. The van der Waals surface area contributed by atoms with Crippen molar-refractivity contribution in [2.45, 2.75) is 0 Å². The van der Waals surface area contributed by atoms with E-state index >= 15 is 0 Å². The third-order valence-corrected chi connectivity index (χ3v) is 3.14. The molecule has 0 N–H and O–H groups in total. The number of hydrogen-bond donors (Lipinski definition) is 0. The summed E-state index contributed by atoms with van der Waals surface area (Å²) in [6, 6.07) is 8.20. The molecule has 3 rings (SSSR count). The Kier molecular flexibility index (Phi) is 2.45. The second-order valence-corrected chi connectivity index (χ2v) is 4.34. The van der Waals surface area contributed by atoms with Crippen molar-refractivity contribution in [2.75, 3.05) is 0 Å². The first-order chi connectivity index (χ1) is 8.34. The molecule has 1 aromatic carbocycles. The Balaban J connectivity index is 2.14. The maximum Gasteiger partial charge on any atom is 0.141 e. The molecule has 2 aromatic heterocycles. The number of hydrogen-bond acceptors (Lipinski definition) is 3. The van der Waals surface area contributed by atoms with E-state index in [4.69, 9.17) is 0 Å². The van der Waals surface area contributed by atoms with Gasteiger partial charge in [0, 0.05) is 11.6 Å². The van der Waals surface area contributed by atoms with E-state index in [1.807, 2.05) is 17.5 Å². The summed E-state index contributed by atoms with van der Waals surface area (Å²) in [5, 5.41) is 6.97. The molecular weight excluding hydrogens is 237 g/mol. The maximum absolute atomic E-state index is 13.2. The van der Waals surface area contributed by atoms with Gasteiger partial charge in [-0.15, -0.1) is 11.3 Å². The molecule has 84 valence electrons. The van der Waals surface area contributed by atoms with Gasteiger partial charge in [-0.05, 0) is 24.3 Å². The molecule has 3 nitrogen and oxygen atoms in total. The van der Waals surface area contributed by atoms with Crippen molar-refractivity contribution in [1.82, 2.24) is 14.8 Å². The zero-order valence-electron chi connectivity index (χ0n) is 8.75. The largest absolute Gasteiger partial charge is 0.243 e. The standard InChI is InChI=1S/C12H8FN3S/c13-9-2-1-3-10(8-9)16-11(4-5-15-16)12-14-6-7-17-12/h1-8H. The molecule has 3 aromatic rings. The minimum atomic E-state index is -0.275. The van der Waals surface area contributed by atoms with E-state index < -0.39 is 0 Å². The smallest absolute Gasteiger partial charge is 0.141 e. The van der Waals surface area contributed by atoms with E-state index in [1.54, 1.807) is 23.1 Å². The molecule has 0 aliphatic heterocycles. The minimum absolute atomic E-state index is 0.275. The molecule has 0 bridgehead atoms. The first-order valence-corrected chi connectivity index (χ1v) is 5.92. The summed E-state index contributed by atoms with van der Waals surface area (Å²) in [7, 11) is 0. The summed E-state index contributed by atoms with van der Waals surface area (Å²) >= 11 is 1.53. The maximum atomic E-state index is 13.2. The number of nitrogens with zero attached hydrogens (tertiary/aromatic N) is 3. The van der Waals surface area contributed by atoms with Gasteiger partial charge in [0.15, 0.2) is 0 Å². The summed E-state index contributed by atoms with van der Waals surface area (Å²) in [5.41, 5.74) is 1.56. The molecule has 2 heterocycles. The van der Waals surface area contributed by atoms with E-state index in [-0.39, 0.29) is 5.82 Å². The Hall–Kier alpha value is -2.01. The van der Waals surface area contributed by atoms with Gasteiger partial charge in [-0.1, -0.05) is 6.07 Å². The van der Waals surface area contributed by atoms with Crippen LogP contribution in [0.3, 0.4) is 0 Å². The normalized spacial score (nSPS) is 10.6. The highest BCUT2D eigenvalue weighted by molar-refractivity contribution is 7.13. The summed E-state index contributed by atoms with van der Waals surface area (Å²) in [5.74, 6) is -0.275. The number of thiazole rings is 1. The van der Waals surface area contributed by atoms with Gasteiger partial charge in [0.1, 0.15) is 16.5 Å². The summed E-state index contributed by atoms with van der Waals surface area (Å²) in [6.45, 7) is 0. The van der Waals surface area contributed by atoms with Crippen LogP contribution in [0.1, 0.15) is 0 Å². The van der Waals surface area contributed by atoms with E-state index in [0.717, 1.165) is 10.7 Å². The van der Waals surface area contributed by atoms with E-state index in [2.05, 4.69) is 10.1 Å². The highest BCUT2D eigenvalue weighted by Gasteiger charge is 2.09. The first-order valence-electron chi connectivity index (χ1n) is 5.04. The molecule has 0 saturated heterocycles. The van der Waals surface area contributed by atoms with Crippen LogP contribution in [0, 0.1) is 5.82 Å². The number of halogens is 1. The third kappa shape index (κ3) is 1.85. The van der Waals surface area contributed by atoms with Crippen LogP contribution in [0.25, 0.3) is 16.4 Å². The van der Waals surface area contributed by atoms with Crippen LogP contribution < -0.4 is 0 Å². The molecule has 0 spiro atoms. The monoisotopic (exact) mass is 245 g/mol. The lowest BCUT2D eigenvalue weighted by Gasteiger charge is -2.05. The molecular formula is C12H8FN3S. The van der Waals surface area contributed by atoms with Crippen LogP contribution in [0.15, 0.2) is 48.1 Å². The van der Waals surface area contributed by atoms with Crippen molar-refractivity contribution >= 4 is 11.3 Å². The fraction of sp³-hybridized carbons (Fsp3) is 0.